The maximum Gasteiger partial charge on any atom is 0.153 e. The predicted octanol–water partition coefficient (Wildman–Crippen LogP) is -0.661. The summed E-state index contributed by atoms with van der Waals surface area (Å²) in [6.45, 7) is 3.93. The molecule has 0 unspecified atom stereocenters. The first-order valence-electron chi connectivity index (χ1n) is 7.24. The molecule has 0 aliphatic carbocycles. The highest BCUT2D eigenvalue weighted by molar-refractivity contribution is 7.91. The Hall–Kier alpha value is -0.960. The molecule has 2 aliphatic heterocycles. The monoisotopic (exact) mass is 314 g/mol. The Morgan fingerprint density at radius 3 is 2.71 bits per heavy atom. The van der Waals surface area contributed by atoms with Gasteiger partial charge < -0.3 is 9.72 Å². The molecule has 0 saturated carbocycles. The second kappa shape index (κ2) is 6.04. The summed E-state index contributed by atoms with van der Waals surface area (Å²) in [5, 5.41) is 0. The lowest BCUT2D eigenvalue weighted by Gasteiger charge is -2.43. The summed E-state index contributed by atoms with van der Waals surface area (Å²) in [6, 6.07) is 0.158. The number of sulfone groups is 1. The molecule has 21 heavy (non-hydrogen) atoms. The van der Waals surface area contributed by atoms with Gasteiger partial charge in [0.1, 0.15) is 0 Å². The van der Waals surface area contributed by atoms with Gasteiger partial charge in [0.25, 0.3) is 0 Å². The van der Waals surface area contributed by atoms with Crippen molar-refractivity contribution < 1.29 is 13.2 Å². The number of fused-ring (bicyclic) bond motifs is 1. The van der Waals surface area contributed by atoms with Gasteiger partial charge in [-0.25, -0.2) is 13.4 Å². The van der Waals surface area contributed by atoms with Crippen LogP contribution in [0.3, 0.4) is 0 Å². The summed E-state index contributed by atoms with van der Waals surface area (Å²) in [4.78, 5) is 11.7. The third-order valence-electron chi connectivity index (χ3n) is 4.42. The van der Waals surface area contributed by atoms with Crippen molar-refractivity contribution in [1.82, 2.24) is 19.8 Å². The molecule has 7 nitrogen and oxygen atoms in total. The van der Waals surface area contributed by atoms with Crippen LogP contribution in [0.2, 0.25) is 0 Å². The van der Waals surface area contributed by atoms with E-state index >= 15 is 0 Å². The molecule has 2 saturated heterocycles. The predicted molar refractivity (Wildman–Crippen MR) is 78.7 cm³/mol. The Labute approximate surface area is 125 Å². The largest absolute Gasteiger partial charge is 0.383 e. The van der Waals surface area contributed by atoms with Crippen LogP contribution in [0.4, 0.5) is 0 Å². The lowest BCUT2D eigenvalue weighted by atomic mass is 10.0. The Kier molecular flexibility index (Phi) is 4.30. The van der Waals surface area contributed by atoms with Crippen molar-refractivity contribution in [3.63, 3.8) is 0 Å². The fourth-order valence-electron chi connectivity index (χ4n) is 3.37. The van der Waals surface area contributed by atoms with E-state index in [2.05, 4.69) is 19.8 Å². The van der Waals surface area contributed by atoms with E-state index in [-0.39, 0.29) is 23.6 Å². The fourth-order valence-corrected chi connectivity index (χ4v) is 5.41. The summed E-state index contributed by atoms with van der Waals surface area (Å²) >= 11 is 0. The van der Waals surface area contributed by atoms with E-state index in [4.69, 9.17) is 4.74 Å². The number of hydrogen-bond donors (Lipinski definition) is 1. The van der Waals surface area contributed by atoms with E-state index in [1.54, 1.807) is 19.6 Å². The lowest BCUT2D eigenvalue weighted by Crippen LogP contribution is -2.59. The Bertz CT molecular complexity index is 560. The molecule has 1 aromatic rings. The summed E-state index contributed by atoms with van der Waals surface area (Å²) in [7, 11) is -1.27. The van der Waals surface area contributed by atoms with E-state index in [0.29, 0.717) is 6.61 Å². The molecule has 1 N–H and O–H groups in total. The van der Waals surface area contributed by atoms with E-state index in [1.807, 2.05) is 0 Å². The lowest BCUT2D eigenvalue weighted by molar-refractivity contribution is 0.0247. The van der Waals surface area contributed by atoms with Crippen LogP contribution in [0.25, 0.3) is 0 Å². The first-order chi connectivity index (χ1) is 10.1. The minimum atomic E-state index is -2.95. The number of nitrogens with zero attached hydrogens (tertiary/aromatic N) is 3. The van der Waals surface area contributed by atoms with Gasteiger partial charge in [-0.15, -0.1) is 0 Å². The quantitative estimate of drug-likeness (QED) is 0.777. The number of ether oxygens (including phenoxy) is 1. The highest BCUT2D eigenvalue weighted by Crippen LogP contribution is 2.27. The van der Waals surface area contributed by atoms with Gasteiger partial charge in [0, 0.05) is 57.3 Å². The molecule has 2 atom stereocenters. The molecule has 2 aliphatic rings. The van der Waals surface area contributed by atoms with Gasteiger partial charge in [-0.2, -0.15) is 0 Å². The third-order valence-corrected chi connectivity index (χ3v) is 6.12. The Morgan fingerprint density at radius 2 is 2.05 bits per heavy atom. The van der Waals surface area contributed by atoms with Gasteiger partial charge in [0.15, 0.2) is 9.84 Å². The van der Waals surface area contributed by atoms with Crippen LogP contribution in [-0.4, -0.2) is 85.1 Å². The van der Waals surface area contributed by atoms with Gasteiger partial charge in [-0.1, -0.05) is 0 Å². The normalized spacial score (nSPS) is 29.6. The molecule has 8 heteroatoms. The van der Waals surface area contributed by atoms with E-state index < -0.39 is 9.84 Å². The molecular formula is C13H22N4O3S. The minimum Gasteiger partial charge on any atom is -0.383 e. The zero-order chi connectivity index (χ0) is 14.9. The summed E-state index contributed by atoms with van der Waals surface area (Å²) in [5.41, 5.74) is 1.03. The van der Waals surface area contributed by atoms with Crippen molar-refractivity contribution in [2.75, 3.05) is 44.9 Å². The van der Waals surface area contributed by atoms with Gasteiger partial charge in [0.2, 0.25) is 0 Å². The van der Waals surface area contributed by atoms with Crippen LogP contribution in [0.15, 0.2) is 12.5 Å². The highest BCUT2D eigenvalue weighted by Gasteiger charge is 2.46. The third kappa shape index (κ3) is 3.28. The van der Waals surface area contributed by atoms with E-state index in [1.165, 1.54) is 0 Å². The van der Waals surface area contributed by atoms with Crippen LogP contribution < -0.4 is 0 Å². The van der Waals surface area contributed by atoms with Gasteiger partial charge in [-0.3, -0.25) is 9.80 Å². The fraction of sp³-hybridized carbons (Fsp3) is 0.769. The molecule has 2 fully saturated rings. The second-order valence-corrected chi connectivity index (χ2v) is 7.94. The minimum absolute atomic E-state index is 0.0731. The molecule has 3 rings (SSSR count). The zero-order valence-corrected chi connectivity index (χ0v) is 13.1. The maximum atomic E-state index is 12.1. The number of rotatable bonds is 5. The van der Waals surface area contributed by atoms with Crippen molar-refractivity contribution in [1.29, 1.82) is 0 Å². The van der Waals surface area contributed by atoms with Crippen molar-refractivity contribution in [3.05, 3.63) is 18.2 Å². The van der Waals surface area contributed by atoms with Gasteiger partial charge in [0.05, 0.1) is 24.4 Å². The molecule has 3 heterocycles. The standard InChI is InChI=1S/C13H22N4O3S/c1-20-5-4-16-2-3-17(7-11-6-14-10-15-11)13-9-21(18,19)8-12(13)16/h6,10,12-13H,2-5,7-9H2,1H3,(H,14,15)/t12-,13+/m0/s1. The first-order valence-corrected chi connectivity index (χ1v) is 9.06. The number of H-pyrrole nitrogens is 1. The molecular weight excluding hydrogens is 292 g/mol. The molecule has 0 spiro atoms. The van der Waals surface area contributed by atoms with Crippen LogP contribution in [0, 0.1) is 0 Å². The van der Waals surface area contributed by atoms with Crippen LogP contribution >= 0.6 is 0 Å². The summed E-state index contributed by atoms with van der Waals surface area (Å²) in [6.07, 6.45) is 3.46. The second-order valence-electron chi connectivity index (χ2n) is 5.79. The Balaban J connectivity index is 1.74. The van der Waals surface area contributed by atoms with Crippen LogP contribution in [-0.2, 0) is 21.1 Å². The molecule has 0 bridgehead atoms. The van der Waals surface area contributed by atoms with E-state index in [9.17, 15) is 8.42 Å². The number of aromatic nitrogens is 2. The number of aromatic amines is 1. The Morgan fingerprint density at radius 1 is 1.33 bits per heavy atom. The van der Waals surface area contributed by atoms with E-state index in [0.717, 1.165) is 31.9 Å². The number of piperazine rings is 1. The molecule has 0 aromatic carbocycles. The number of hydrogen-bond acceptors (Lipinski definition) is 6. The number of methoxy groups -OCH3 is 1. The van der Waals surface area contributed by atoms with Crippen LogP contribution in [0.1, 0.15) is 5.69 Å². The van der Waals surface area contributed by atoms with Crippen molar-refractivity contribution >= 4 is 9.84 Å². The van der Waals surface area contributed by atoms with Gasteiger partial charge in [-0.05, 0) is 0 Å². The smallest absolute Gasteiger partial charge is 0.153 e. The number of nitrogens with one attached hydrogen (secondary N) is 1. The van der Waals surface area contributed by atoms with Crippen LogP contribution in [0.5, 0.6) is 0 Å². The van der Waals surface area contributed by atoms with Crippen molar-refractivity contribution in [2.24, 2.45) is 0 Å². The molecule has 0 radical (unpaired) electrons. The molecule has 0 amide bonds. The molecule has 1 aromatic heterocycles. The SMILES string of the molecule is COCCN1CCN(Cc2cnc[nH]2)[C@@H]2CS(=O)(=O)C[C@@H]21. The zero-order valence-electron chi connectivity index (χ0n) is 12.2. The maximum absolute atomic E-state index is 12.1. The van der Waals surface area contributed by atoms with Crippen molar-refractivity contribution in [3.8, 4) is 0 Å². The summed E-state index contributed by atoms with van der Waals surface area (Å²) < 4.78 is 29.3. The average Bonchev–Trinajstić information content (AvgIpc) is 3.04. The first kappa shape index (κ1) is 15.0. The number of imidazole rings is 1. The molecule has 118 valence electrons. The highest BCUT2D eigenvalue weighted by atomic mass is 32.2. The summed E-state index contributed by atoms with van der Waals surface area (Å²) in [5.74, 6) is 0.524. The average molecular weight is 314 g/mol. The van der Waals surface area contributed by atoms with Gasteiger partial charge >= 0.3 is 0 Å². The van der Waals surface area contributed by atoms with Crippen molar-refractivity contribution in [2.45, 2.75) is 18.6 Å². The topological polar surface area (TPSA) is 78.5 Å².